The van der Waals surface area contributed by atoms with Crippen LogP contribution in [0.15, 0.2) is 22.7 Å². The maximum absolute atomic E-state index is 5.83. The quantitative estimate of drug-likeness (QED) is 0.948. The van der Waals surface area contributed by atoms with E-state index in [1.54, 1.807) is 11.8 Å². The summed E-state index contributed by atoms with van der Waals surface area (Å²) in [5, 5.41) is 4.40. The number of halogens is 1. The molecule has 0 aliphatic carbocycles. The molecule has 0 bridgehead atoms. The molecular formula is C13H16BrN3O. The van der Waals surface area contributed by atoms with E-state index in [0.29, 0.717) is 5.82 Å². The number of anilines is 1. The van der Waals surface area contributed by atoms with Crippen molar-refractivity contribution in [2.45, 2.75) is 13.3 Å². The van der Waals surface area contributed by atoms with Crippen LogP contribution < -0.4 is 10.5 Å². The van der Waals surface area contributed by atoms with Gasteiger partial charge in [-0.25, -0.2) is 0 Å². The average molecular weight is 310 g/mol. The van der Waals surface area contributed by atoms with Crippen molar-refractivity contribution in [3.05, 3.63) is 28.2 Å². The van der Waals surface area contributed by atoms with Crippen molar-refractivity contribution in [2.75, 3.05) is 12.8 Å². The Morgan fingerprint density at radius 3 is 2.61 bits per heavy atom. The van der Waals surface area contributed by atoms with Gasteiger partial charge in [-0.05, 0) is 24.1 Å². The third-order valence-electron chi connectivity index (χ3n) is 2.91. The molecule has 0 atom stereocenters. The van der Waals surface area contributed by atoms with Crippen molar-refractivity contribution in [2.24, 2.45) is 7.05 Å². The highest BCUT2D eigenvalue weighted by atomic mass is 79.9. The van der Waals surface area contributed by atoms with E-state index in [9.17, 15) is 0 Å². The topological polar surface area (TPSA) is 53.1 Å². The van der Waals surface area contributed by atoms with Gasteiger partial charge in [-0.3, -0.25) is 4.68 Å². The first-order valence-corrected chi connectivity index (χ1v) is 6.52. The molecule has 1 aromatic carbocycles. The molecule has 0 fully saturated rings. The molecule has 0 radical (unpaired) electrons. The number of nitrogens with zero attached hydrogens (tertiary/aromatic N) is 2. The predicted molar refractivity (Wildman–Crippen MR) is 76.7 cm³/mol. The Bertz CT molecular complexity index is 558. The number of aromatic nitrogens is 2. The van der Waals surface area contributed by atoms with Gasteiger partial charge in [0, 0.05) is 23.2 Å². The van der Waals surface area contributed by atoms with Crippen molar-refractivity contribution in [1.82, 2.24) is 9.78 Å². The molecule has 2 N–H and O–H groups in total. The maximum atomic E-state index is 5.83. The number of benzene rings is 1. The highest BCUT2D eigenvalue weighted by Gasteiger charge is 2.14. The molecule has 1 aromatic heterocycles. The molecule has 0 aliphatic heterocycles. The summed E-state index contributed by atoms with van der Waals surface area (Å²) < 4.78 is 8.18. The first kappa shape index (κ1) is 13.0. The van der Waals surface area contributed by atoms with Crippen LogP contribution in [0, 0.1) is 0 Å². The lowest BCUT2D eigenvalue weighted by Gasteiger charge is -2.12. The lowest BCUT2D eigenvalue weighted by Crippen LogP contribution is -1.97. The van der Waals surface area contributed by atoms with Crippen LogP contribution in [0.5, 0.6) is 5.75 Å². The molecule has 5 heteroatoms. The molecule has 18 heavy (non-hydrogen) atoms. The lowest BCUT2D eigenvalue weighted by molar-refractivity contribution is 0.411. The summed E-state index contributed by atoms with van der Waals surface area (Å²) in [6, 6.07) is 5.91. The van der Waals surface area contributed by atoms with Gasteiger partial charge < -0.3 is 10.5 Å². The van der Waals surface area contributed by atoms with E-state index in [-0.39, 0.29) is 0 Å². The van der Waals surface area contributed by atoms with E-state index < -0.39 is 0 Å². The van der Waals surface area contributed by atoms with E-state index in [2.05, 4.69) is 34.0 Å². The van der Waals surface area contributed by atoms with E-state index in [1.165, 1.54) is 0 Å². The molecule has 0 amide bonds. The molecule has 2 aromatic rings. The fraction of sp³-hybridized carbons (Fsp3) is 0.308. The second-order valence-corrected chi connectivity index (χ2v) is 4.99. The van der Waals surface area contributed by atoms with Gasteiger partial charge >= 0.3 is 0 Å². The maximum Gasteiger partial charge on any atom is 0.131 e. The highest BCUT2D eigenvalue weighted by molar-refractivity contribution is 9.10. The van der Waals surface area contributed by atoms with Crippen molar-refractivity contribution >= 4 is 21.7 Å². The van der Waals surface area contributed by atoms with Crippen LogP contribution in [0.4, 0.5) is 5.82 Å². The zero-order chi connectivity index (χ0) is 13.3. The zero-order valence-electron chi connectivity index (χ0n) is 10.7. The normalized spacial score (nSPS) is 10.7. The molecule has 0 saturated carbocycles. The van der Waals surface area contributed by atoms with Gasteiger partial charge in [0.1, 0.15) is 11.6 Å². The second kappa shape index (κ2) is 5.02. The third-order valence-corrected chi connectivity index (χ3v) is 3.37. The minimum atomic E-state index is 0.630. The summed E-state index contributed by atoms with van der Waals surface area (Å²) in [6.07, 6.45) is 0.901. The van der Waals surface area contributed by atoms with Crippen LogP contribution in [0.3, 0.4) is 0 Å². The number of aryl methyl sites for hydroxylation is 2. The second-order valence-electron chi connectivity index (χ2n) is 4.08. The Morgan fingerprint density at radius 1 is 1.39 bits per heavy atom. The van der Waals surface area contributed by atoms with Gasteiger partial charge in [-0.2, -0.15) is 5.10 Å². The summed E-state index contributed by atoms with van der Waals surface area (Å²) in [5.74, 6) is 1.49. The minimum Gasteiger partial charge on any atom is -0.496 e. The third kappa shape index (κ3) is 2.22. The summed E-state index contributed by atoms with van der Waals surface area (Å²) in [5.41, 5.74) is 8.75. The zero-order valence-corrected chi connectivity index (χ0v) is 12.3. The molecule has 1 heterocycles. The fourth-order valence-corrected chi connectivity index (χ4v) is 2.46. The van der Waals surface area contributed by atoms with Gasteiger partial charge in [0.05, 0.1) is 12.8 Å². The number of nitrogen functional groups attached to an aromatic ring is 1. The number of methoxy groups -OCH3 is 1. The number of ether oxygens (including phenoxy) is 1. The highest BCUT2D eigenvalue weighted by Crippen LogP contribution is 2.36. The van der Waals surface area contributed by atoms with E-state index in [1.807, 2.05) is 19.2 Å². The first-order valence-electron chi connectivity index (χ1n) is 5.73. The Kier molecular flexibility index (Phi) is 3.61. The monoisotopic (exact) mass is 309 g/mol. The summed E-state index contributed by atoms with van der Waals surface area (Å²) in [4.78, 5) is 0. The number of hydrogen-bond donors (Lipinski definition) is 1. The van der Waals surface area contributed by atoms with Crippen LogP contribution in [-0.2, 0) is 13.5 Å². The van der Waals surface area contributed by atoms with Crippen molar-refractivity contribution in [1.29, 1.82) is 0 Å². The molecular weight excluding hydrogens is 294 g/mol. The summed E-state index contributed by atoms with van der Waals surface area (Å²) in [6.45, 7) is 2.10. The molecule has 0 aliphatic rings. The predicted octanol–water partition coefficient (Wildman–Crippen LogP) is 3.00. The fourth-order valence-electron chi connectivity index (χ4n) is 1.96. The molecule has 2 rings (SSSR count). The lowest BCUT2D eigenvalue weighted by atomic mass is 10.0. The molecule has 0 saturated heterocycles. The van der Waals surface area contributed by atoms with E-state index in [0.717, 1.165) is 33.5 Å². The SMILES string of the molecule is CCc1cc(Br)cc(-c2cc(N)n(C)n2)c1OC. The van der Waals surface area contributed by atoms with Crippen LogP contribution >= 0.6 is 15.9 Å². The van der Waals surface area contributed by atoms with Crippen LogP contribution in [0.1, 0.15) is 12.5 Å². The molecule has 0 unspecified atom stereocenters. The van der Waals surface area contributed by atoms with E-state index >= 15 is 0 Å². The van der Waals surface area contributed by atoms with Crippen molar-refractivity contribution < 1.29 is 4.74 Å². The standard InChI is InChI=1S/C13H16BrN3O/c1-4-8-5-9(14)6-10(13(8)18-3)11-7-12(15)17(2)16-11/h5-7H,4,15H2,1-3H3. The number of nitrogens with two attached hydrogens (primary N) is 1. The van der Waals surface area contributed by atoms with E-state index in [4.69, 9.17) is 10.5 Å². The van der Waals surface area contributed by atoms with Crippen molar-refractivity contribution in [3.63, 3.8) is 0 Å². The Morgan fingerprint density at radius 2 is 2.11 bits per heavy atom. The van der Waals surface area contributed by atoms with Gasteiger partial charge in [-0.15, -0.1) is 0 Å². The number of rotatable bonds is 3. The summed E-state index contributed by atoms with van der Waals surface area (Å²) in [7, 11) is 3.50. The summed E-state index contributed by atoms with van der Waals surface area (Å²) >= 11 is 3.52. The van der Waals surface area contributed by atoms with Crippen LogP contribution in [-0.4, -0.2) is 16.9 Å². The Balaban J connectivity index is 2.65. The van der Waals surface area contributed by atoms with Gasteiger partial charge in [-0.1, -0.05) is 22.9 Å². The largest absolute Gasteiger partial charge is 0.496 e. The van der Waals surface area contributed by atoms with Gasteiger partial charge in [0.15, 0.2) is 0 Å². The molecule has 0 spiro atoms. The minimum absolute atomic E-state index is 0.630. The van der Waals surface area contributed by atoms with Gasteiger partial charge in [0.2, 0.25) is 0 Å². The Labute approximate surface area is 115 Å². The molecule has 96 valence electrons. The van der Waals surface area contributed by atoms with Crippen molar-refractivity contribution in [3.8, 4) is 17.0 Å². The average Bonchev–Trinajstić information content (AvgIpc) is 2.68. The van der Waals surface area contributed by atoms with Gasteiger partial charge in [0.25, 0.3) is 0 Å². The molecule has 4 nitrogen and oxygen atoms in total. The smallest absolute Gasteiger partial charge is 0.131 e. The first-order chi connectivity index (χ1) is 8.56. The Hall–Kier alpha value is -1.49. The van der Waals surface area contributed by atoms with Crippen LogP contribution in [0.25, 0.3) is 11.3 Å². The number of hydrogen-bond acceptors (Lipinski definition) is 3. The van der Waals surface area contributed by atoms with Crippen LogP contribution in [0.2, 0.25) is 0 Å².